The number of carboxylic acids is 1. The van der Waals surface area contributed by atoms with Crippen molar-refractivity contribution in [2.75, 3.05) is 0 Å². The van der Waals surface area contributed by atoms with Crippen LogP contribution in [0.25, 0.3) is 0 Å². The van der Waals surface area contributed by atoms with Crippen LogP contribution in [0.3, 0.4) is 0 Å². The smallest absolute Gasteiger partial charge is 0.328 e. The third kappa shape index (κ3) is 3.23. The highest BCUT2D eigenvalue weighted by Gasteiger charge is 2.28. The van der Waals surface area contributed by atoms with E-state index in [0.29, 0.717) is 5.82 Å². The highest BCUT2D eigenvalue weighted by molar-refractivity contribution is 5.85. The zero-order chi connectivity index (χ0) is 12.2. The van der Waals surface area contributed by atoms with E-state index in [1.165, 1.54) is 13.8 Å². The van der Waals surface area contributed by atoms with Crippen LogP contribution in [-0.4, -0.2) is 32.8 Å². The second-order valence-corrected chi connectivity index (χ2v) is 3.59. The summed E-state index contributed by atoms with van der Waals surface area (Å²) in [6.45, 7) is 2.82. The number of amides is 2. The van der Waals surface area contributed by atoms with E-state index >= 15 is 0 Å². The number of urea groups is 1. The average molecular weight is 228 g/mol. The molecule has 0 aliphatic rings. The lowest BCUT2D eigenvalue weighted by Gasteiger charge is -2.20. The highest BCUT2D eigenvalue weighted by Crippen LogP contribution is 2.01. The van der Waals surface area contributed by atoms with Gasteiger partial charge in [0, 0.05) is 0 Å². The molecule has 2 amide bonds. The van der Waals surface area contributed by atoms with E-state index in [1.54, 1.807) is 0 Å². The lowest BCUT2D eigenvalue weighted by molar-refractivity contribution is -0.142. The van der Waals surface area contributed by atoms with Crippen molar-refractivity contribution < 1.29 is 19.2 Å². The maximum Gasteiger partial charge on any atom is 0.328 e. The molecule has 3 N–H and O–H groups in total. The average Bonchev–Trinajstić information content (AvgIpc) is 2.66. The summed E-state index contributed by atoms with van der Waals surface area (Å²) in [5.41, 5.74) is -1.33. The number of carbonyl (C=O) groups excluding carboxylic acids is 1. The fourth-order valence-corrected chi connectivity index (χ4v) is 0.811. The molecule has 1 aromatic heterocycles. The Morgan fingerprint density at radius 3 is 2.75 bits per heavy atom. The molecule has 0 aromatic carbocycles. The molecule has 8 heteroatoms. The Labute approximate surface area is 91.0 Å². The molecule has 16 heavy (non-hydrogen) atoms. The van der Waals surface area contributed by atoms with Gasteiger partial charge >= 0.3 is 12.0 Å². The topological polar surface area (TPSA) is 117 Å². The molecular formula is C8H12N4O4. The van der Waals surface area contributed by atoms with Crippen LogP contribution in [0, 0.1) is 0 Å². The summed E-state index contributed by atoms with van der Waals surface area (Å²) in [6, 6.07) is -0.614. The first-order chi connectivity index (χ1) is 7.42. The van der Waals surface area contributed by atoms with Crippen LogP contribution >= 0.6 is 0 Å². The molecule has 0 fully saturated rings. The van der Waals surface area contributed by atoms with E-state index in [1.807, 2.05) is 0 Å². The molecule has 0 aliphatic carbocycles. The van der Waals surface area contributed by atoms with Gasteiger partial charge in [0.15, 0.2) is 5.82 Å². The Balaban J connectivity index is 2.39. The maximum atomic E-state index is 11.3. The zero-order valence-electron chi connectivity index (χ0n) is 8.85. The first-order valence-corrected chi connectivity index (χ1v) is 4.46. The summed E-state index contributed by atoms with van der Waals surface area (Å²) in [5, 5.41) is 16.9. The molecule has 88 valence electrons. The van der Waals surface area contributed by atoms with Crippen LogP contribution in [0.15, 0.2) is 10.9 Å². The molecule has 1 rings (SSSR count). The summed E-state index contributed by atoms with van der Waals surface area (Å²) in [5.74, 6) is -0.814. The molecule has 0 atom stereocenters. The summed E-state index contributed by atoms with van der Waals surface area (Å²) < 4.78 is 4.46. The summed E-state index contributed by atoms with van der Waals surface area (Å²) in [7, 11) is 0. The molecule has 1 heterocycles. The van der Waals surface area contributed by atoms with E-state index in [-0.39, 0.29) is 6.54 Å². The van der Waals surface area contributed by atoms with E-state index < -0.39 is 17.5 Å². The molecule has 0 saturated heterocycles. The second-order valence-electron chi connectivity index (χ2n) is 3.59. The van der Waals surface area contributed by atoms with Gasteiger partial charge in [0.2, 0.25) is 6.39 Å². The van der Waals surface area contributed by atoms with Crippen LogP contribution in [0.2, 0.25) is 0 Å². The fourth-order valence-electron chi connectivity index (χ4n) is 0.811. The van der Waals surface area contributed by atoms with Gasteiger partial charge in [-0.15, -0.1) is 0 Å². The van der Waals surface area contributed by atoms with Crippen molar-refractivity contribution >= 4 is 12.0 Å². The molecule has 1 aromatic rings. The van der Waals surface area contributed by atoms with Gasteiger partial charge in [0.25, 0.3) is 0 Å². The lowest BCUT2D eigenvalue weighted by atomic mass is 10.1. The molecule has 0 saturated carbocycles. The number of nitrogens with one attached hydrogen (secondary N) is 2. The summed E-state index contributed by atoms with van der Waals surface area (Å²) >= 11 is 0. The van der Waals surface area contributed by atoms with Crippen molar-refractivity contribution in [3.8, 4) is 0 Å². The third-order valence-corrected chi connectivity index (χ3v) is 1.77. The van der Waals surface area contributed by atoms with Crippen LogP contribution < -0.4 is 10.6 Å². The van der Waals surface area contributed by atoms with Gasteiger partial charge in [-0.3, -0.25) is 0 Å². The predicted molar refractivity (Wildman–Crippen MR) is 51.4 cm³/mol. The SMILES string of the molecule is CC(C)(NC(=O)NCc1ncon1)C(=O)O. The minimum atomic E-state index is -1.33. The predicted octanol–water partition coefficient (Wildman–Crippen LogP) is -0.268. The van der Waals surface area contributed by atoms with Crippen LogP contribution in [-0.2, 0) is 11.3 Å². The molecule has 0 unspecified atom stereocenters. The summed E-state index contributed by atoms with van der Waals surface area (Å²) in [4.78, 5) is 25.7. The monoisotopic (exact) mass is 228 g/mol. The van der Waals surface area contributed by atoms with Crippen molar-refractivity contribution in [2.45, 2.75) is 25.9 Å². The van der Waals surface area contributed by atoms with Crippen molar-refractivity contribution in [1.82, 2.24) is 20.8 Å². The van der Waals surface area contributed by atoms with E-state index in [0.717, 1.165) is 6.39 Å². The normalized spacial score (nSPS) is 10.9. The van der Waals surface area contributed by atoms with Crippen molar-refractivity contribution in [1.29, 1.82) is 0 Å². The highest BCUT2D eigenvalue weighted by atomic mass is 16.5. The maximum absolute atomic E-state index is 11.3. The molecule has 0 spiro atoms. The zero-order valence-corrected chi connectivity index (χ0v) is 8.85. The quantitative estimate of drug-likeness (QED) is 0.653. The fraction of sp³-hybridized carbons (Fsp3) is 0.500. The van der Waals surface area contributed by atoms with E-state index in [2.05, 4.69) is 25.3 Å². The molecular weight excluding hydrogens is 216 g/mol. The molecule has 0 bridgehead atoms. The first-order valence-electron chi connectivity index (χ1n) is 4.46. The van der Waals surface area contributed by atoms with Crippen LogP contribution in [0.1, 0.15) is 19.7 Å². The Morgan fingerprint density at radius 2 is 2.25 bits per heavy atom. The standard InChI is InChI=1S/C8H12N4O4/c1-8(2,6(13)14)11-7(15)9-3-5-10-4-16-12-5/h4H,3H2,1-2H3,(H,13,14)(H2,9,11,15). The number of nitrogens with zero attached hydrogens (tertiary/aromatic N) is 2. The van der Waals surface area contributed by atoms with Gasteiger partial charge < -0.3 is 20.3 Å². The Bertz CT molecular complexity index is 373. The number of aliphatic carboxylic acids is 1. The van der Waals surface area contributed by atoms with Gasteiger partial charge in [0.1, 0.15) is 5.54 Å². The number of carboxylic acid groups (broad SMARTS) is 1. The van der Waals surface area contributed by atoms with Crippen LogP contribution in [0.5, 0.6) is 0 Å². The van der Waals surface area contributed by atoms with E-state index in [4.69, 9.17) is 5.11 Å². The lowest BCUT2D eigenvalue weighted by Crippen LogP contribution is -2.53. The van der Waals surface area contributed by atoms with Gasteiger partial charge in [-0.1, -0.05) is 5.16 Å². The van der Waals surface area contributed by atoms with Gasteiger partial charge in [-0.05, 0) is 13.8 Å². The summed E-state index contributed by atoms with van der Waals surface area (Å²) in [6.07, 6.45) is 1.14. The second kappa shape index (κ2) is 4.60. The first kappa shape index (κ1) is 12.0. The van der Waals surface area contributed by atoms with Crippen molar-refractivity contribution in [2.24, 2.45) is 0 Å². The Kier molecular flexibility index (Phi) is 3.44. The largest absolute Gasteiger partial charge is 0.480 e. The van der Waals surface area contributed by atoms with Crippen molar-refractivity contribution in [3.05, 3.63) is 12.2 Å². The number of hydrogen-bond acceptors (Lipinski definition) is 5. The number of aromatic nitrogens is 2. The minimum Gasteiger partial charge on any atom is -0.480 e. The Morgan fingerprint density at radius 1 is 1.56 bits per heavy atom. The Hall–Kier alpha value is -2.12. The van der Waals surface area contributed by atoms with E-state index in [9.17, 15) is 9.59 Å². The van der Waals surface area contributed by atoms with Gasteiger partial charge in [0.05, 0.1) is 6.54 Å². The number of hydrogen-bond donors (Lipinski definition) is 3. The van der Waals surface area contributed by atoms with Crippen molar-refractivity contribution in [3.63, 3.8) is 0 Å². The number of carbonyl (C=O) groups is 2. The molecule has 0 aliphatic heterocycles. The molecule has 8 nitrogen and oxygen atoms in total. The van der Waals surface area contributed by atoms with Crippen LogP contribution in [0.4, 0.5) is 4.79 Å². The third-order valence-electron chi connectivity index (χ3n) is 1.77. The van der Waals surface area contributed by atoms with Gasteiger partial charge in [-0.2, -0.15) is 4.98 Å². The minimum absolute atomic E-state index is 0.0675. The molecule has 0 radical (unpaired) electrons. The van der Waals surface area contributed by atoms with Gasteiger partial charge in [-0.25, -0.2) is 9.59 Å². The number of rotatable bonds is 4.